The van der Waals surface area contributed by atoms with Gasteiger partial charge in [0.05, 0.1) is 12.2 Å². The normalized spacial score (nSPS) is 12.5. The summed E-state index contributed by atoms with van der Waals surface area (Å²) in [7, 11) is 0. The number of esters is 1. The summed E-state index contributed by atoms with van der Waals surface area (Å²) >= 11 is 0. The molecule has 1 rings (SSSR count). The van der Waals surface area contributed by atoms with Crippen molar-refractivity contribution in [2.75, 3.05) is 12.3 Å². The van der Waals surface area contributed by atoms with Crippen molar-refractivity contribution in [3.8, 4) is 0 Å². The highest BCUT2D eigenvalue weighted by Gasteiger charge is 2.32. The maximum Gasteiger partial charge on any atom is 0.432 e. The first-order valence-electron chi connectivity index (χ1n) is 7.19. The second-order valence-electron chi connectivity index (χ2n) is 4.97. The number of rotatable bonds is 5. The van der Waals surface area contributed by atoms with E-state index in [1.807, 2.05) is 0 Å². The van der Waals surface area contributed by atoms with Crippen molar-refractivity contribution in [2.45, 2.75) is 26.9 Å². The smallest absolute Gasteiger partial charge is 0.432 e. The van der Waals surface area contributed by atoms with E-state index in [9.17, 15) is 18.0 Å². The molecule has 1 aromatic carbocycles. The standard InChI is InChI=1S/C17H19F3N2O2/c1-4-11(6-7-14(22)17(18,19)20)15-10(3)8-12(21)9-13(15)16(23)24-5-2/h4,6-9,22H,5,21H2,1-3H3/b7-6-,11-4+,22-14?. The third-order valence-electron chi connectivity index (χ3n) is 3.19. The van der Waals surface area contributed by atoms with E-state index in [2.05, 4.69) is 0 Å². The van der Waals surface area contributed by atoms with Crippen molar-refractivity contribution in [1.29, 1.82) is 5.41 Å². The summed E-state index contributed by atoms with van der Waals surface area (Å²) in [4.78, 5) is 12.1. The van der Waals surface area contributed by atoms with Gasteiger partial charge in [0, 0.05) is 5.69 Å². The van der Waals surface area contributed by atoms with Gasteiger partial charge in [-0.2, -0.15) is 13.2 Å². The number of halogens is 3. The lowest BCUT2D eigenvalue weighted by Gasteiger charge is -2.14. The fraction of sp³-hybridized carbons (Fsp3) is 0.294. The van der Waals surface area contributed by atoms with E-state index in [1.165, 1.54) is 6.07 Å². The molecule has 7 heteroatoms. The van der Waals surface area contributed by atoms with Gasteiger partial charge < -0.3 is 10.5 Å². The summed E-state index contributed by atoms with van der Waals surface area (Å²) in [6.45, 7) is 5.13. The molecular formula is C17H19F3N2O2. The molecule has 3 N–H and O–H groups in total. The lowest BCUT2D eigenvalue weighted by atomic mass is 9.93. The highest BCUT2D eigenvalue weighted by molar-refractivity contribution is 6.02. The number of carbonyl (C=O) groups excluding carboxylic acids is 1. The molecule has 24 heavy (non-hydrogen) atoms. The maximum absolute atomic E-state index is 12.5. The van der Waals surface area contributed by atoms with Crippen LogP contribution in [0.5, 0.6) is 0 Å². The van der Waals surface area contributed by atoms with E-state index in [-0.39, 0.29) is 12.2 Å². The number of aryl methyl sites for hydroxylation is 1. The molecule has 0 atom stereocenters. The van der Waals surface area contributed by atoms with E-state index in [1.54, 1.807) is 32.9 Å². The SMILES string of the molecule is C/C=C(\C=C/C(=N)C(F)(F)F)c1c(C)cc(N)cc1C(=O)OCC. The van der Waals surface area contributed by atoms with Crippen LogP contribution in [-0.4, -0.2) is 24.5 Å². The third-order valence-corrected chi connectivity index (χ3v) is 3.19. The van der Waals surface area contributed by atoms with Gasteiger partial charge in [0.15, 0.2) is 0 Å². The number of nitrogen functional groups attached to an aromatic ring is 1. The number of nitrogens with one attached hydrogen (secondary N) is 1. The van der Waals surface area contributed by atoms with Gasteiger partial charge in [-0.05, 0) is 55.7 Å². The number of alkyl halides is 3. The van der Waals surface area contributed by atoms with Crippen LogP contribution in [0.1, 0.15) is 35.3 Å². The summed E-state index contributed by atoms with van der Waals surface area (Å²) < 4.78 is 42.4. The Morgan fingerprint density at radius 3 is 2.46 bits per heavy atom. The monoisotopic (exact) mass is 340 g/mol. The van der Waals surface area contributed by atoms with Gasteiger partial charge in [0.2, 0.25) is 0 Å². The molecule has 0 unspecified atom stereocenters. The molecule has 0 radical (unpaired) electrons. The van der Waals surface area contributed by atoms with E-state index >= 15 is 0 Å². The molecule has 0 aromatic heterocycles. The summed E-state index contributed by atoms with van der Waals surface area (Å²) in [5.74, 6) is -0.610. The minimum absolute atomic E-state index is 0.159. The maximum atomic E-state index is 12.5. The fourth-order valence-electron chi connectivity index (χ4n) is 2.16. The second-order valence-corrected chi connectivity index (χ2v) is 4.97. The van der Waals surface area contributed by atoms with Crippen LogP contribution in [0.3, 0.4) is 0 Å². The first-order valence-corrected chi connectivity index (χ1v) is 7.19. The van der Waals surface area contributed by atoms with Crippen LogP contribution in [0.25, 0.3) is 5.57 Å². The molecule has 0 amide bonds. The molecule has 130 valence electrons. The van der Waals surface area contributed by atoms with E-state index in [0.29, 0.717) is 28.5 Å². The van der Waals surface area contributed by atoms with Crippen LogP contribution in [0.15, 0.2) is 30.4 Å². The number of benzene rings is 1. The zero-order valence-electron chi connectivity index (χ0n) is 13.6. The minimum atomic E-state index is -4.73. The average Bonchev–Trinajstić information content (AvgIpc) is 2.47. The number of hydrogen-bond donors (Lipinski definition) is 2. The Hall–Kier alpha value is -2.57. The van der Waals surface area contributed by atoms with E-state index < -0.39 is 17.9 Å². The minimum Gasteiger partial charge on any atom is -0.462 e. The highest BCUT2D eigenvalue weighted by Crippen LogP contribution is 2.28. The number of ether oxygens (including phenoxy) is 1. The van der Waals surface area contributed by atoms with Gasteiger partial charge in [0.1, 0.15) is 5.71 Å². The molecule has 0 fully saturated rings. The molecule has 1 aromatic rings. The summed E-state index contributed by atoms with van der Waals surface area (Å²) in [6, 6.07) is 3.04. The lowest BCUT2D eigenvalue weighted by Crippen LogP contribution is -2.19. The van der Waals surface area contributed by atoms with Gasteiger partial charge in [-0.15, -0.1) is 0 Å². The van der Waals surface area contributed by atoms with E-state index in [4.69, 9.17) is 15.9 Å². The zero-order chi connectivity index (χ0) is 18.5. The van der Waals surface area contributed by atoms with Crippen LogP contribution in [0.4, 0.5) is 18.9 Å². The van der Waals surface area contributed by atoms with Crippen LogP contribution < -0.4 is 5.73 Å². The molecule has 0 bridgehead atoms. The van der Waals surface area contributed by atoms with Gasteiger partial charge in [-0.25, -0.2) is 4.79 Å². The van der Waals surface area contributed by atoms with Crippen molar-refractivity contribution >= 4 is 22.9 Å². The van der Waals surface area contributed by atoms with Gasteiger partial charge in [-0.1, -0.05) is 12.2 Å². The lowest BCUT2D eigenvalue weighted by molar-refractivity contribution is -0.0584. The van der Waals surface area contributed by atoms with Gasteiger partial charge >= 0.3 is 12.1 Å². The second kappa shape index (κ2) is 7.81. The number of hydrogen-bond acceptors (Lipinski definition) is 4. The van der Waals surface area contributed by atoms with Crippen molar-refractivity contribution in [3.63, 3.8) is 0 Å². The molecule has 0 spiro atoms. The van der Waals surface area contributed by atoms with Crippen LogP contribution in [0, 0.1) is 12.3 Å². The van der Waals surface area contributed by atoms with E-state index in [0.717, 1.165) is 6.08 Å². The molecule has 0 saturated heterocycles. The predicted molar refractivity (Wildman–Crippen MR) is 88.1 cm³/mol. The fourth-order valence-corrected chi connectivity index (χ4v) is 2.16. The Balaban J connectivity index is 3.39. The molecule has 0 aliphatic rings. The van der Waals surface area contributed by atoms with Gasteiger partial charge in [-0.3, -0.25) is 5.41 Å². The summed E-state index contributed by atoms with van der Waals surface area (Å²) in [5.41, 5.74) is 6.21. The van der Waals surface area contributed by atoms with Crippen molar-refractivity contribution in [2.24, 2.45) is 0 Å². The van der Waals surface area contributed by atoms with Crippen molar-refractivity contribution in [1.82, 2.24) is 0 Å². The number of carbonyl (C=O) groups is 1. The summed E-state index contributed by atoms with van der Waals surface area (Å²) in [6.07, 6.45) is -1.37. The Morgan fingerprint density at radius 1 is 1.33 bits per heavy atom. The predicted octanol–water partition coefficient (Wildman–Crippen LogP) is 4.30. The topological polar surface area (TPSA) is 76.2 Å². The molecular weight excluding hydrogens is 321 g/mol. The number of nitrogens with two attached hydrogens (primary N) is 1. The Bertz CT molecular complexity index is 705. The highest BCUT2D eigenvalue weighted by atomic mass is 19.4. The average molecular weight is 340 g/mol. The van der Waals surface area contributed by atoms with Crippen LogP contribution in [-0.2, 0) is 4.74 Å². The molecule has 0 aliphatic carbocycles. The summed E-state index contributed by atoms with van der Waals surface area (Å²) in [5, 5.41) is 7.01. The first kappa shape index (κ1) is 19.5. The molecule has 0 aliphatic heterocycles. The Kier molecular flexibility index (Phi) is 6.34. The van der Waals surface area contributed by atoms with Crippen molar-refractivity contribution in [3.05, 3.63) is 47.1 Å². The zero-order valence-corrected chi connectivity index (χ0v) is 13.6. The quantitative estimate of drug-likeness (QED) is 0.363. The number of anilines is 1. The third kappa shape index (κ3) is 4.71. The number of allylic oxidation sites excluding steroid dienone is 4. The Labute approximate surface area is 138 Å². The molecule has 0 heterocycles. The largest absolute Gasteiger partial charge is 0.462 e. The molecule has 4 nitrogen and oxygen atoms in total. The van der Waals surface area contributed by atoms with Crippen LogP contribution in [0.2, 0.25) is 0 Å². The van der Waals surface area contributed by atoms with Crippen molar-refractivity contribution < 1.29 is 22.7 Å². The van der Waals surface area contributed by atoms with Gasteiger partial charge in [0.25, 0.3) is 0 Å². The first-order chi connectivity index (χ1) is 11.1. The van der Waals surface area contributed by atoms with Crippen LogP contribution >= 0.6 is 0 Å². The molecule has 0 saturated carbocycles. The Morgan fingerprint density at radius 2 is 1.96 bits per heavy atom.